The molecule has 24 heteroatoms. The van der Waals surface area contributed by atoms with Gasteiger partial charge in [0, 0.05) is 13.2 Å². The van der Waals surface area contributed by atoms with Crippen molar-refractivity contribution in [2.45, 2.75) is 471 Å². The Balaban J connectivity index is 1.28. The van der Waals surface area contributed by atoms with Crippen LogP contribution in [0.15, 0.2) is 97.1 Å². The molecule has 4 aromatic rings. The van der Waals surface area contributed by atoms with Gasteiger partial charge < -0.3 is 62.6 Å². The van der Waals surface area contributed by atoms with E-state index in [0.29, 0.717) is 49.1 Å². The van der Waals surface area contributed by atoms with Crippen LogP contribution in [0.25, 0.3) is 0 Å². The Bertz CT molecular complexity index is 3210. The smallest absolute Gasteiger partial charge is 0.345 e. The van der Waals surface area contributed by atoms with E-state index in [4.69, 9.17) is 62.6 Å². The highest BCUT2D eigenvalue weighted by atomic mass is 28.5. The molecule has 129 heavy (non-hydrogen) atoms. The molecule has 0 amide bonds. The lowest BCUT2D eigenvalue weighted by Crippen LogP contribution is -2.64. The Morgan fingerprint density at radius 3 is 0.674 bits per heavy atom. The summed E-state index contributed by atoms with van der Waals surface area (Å²) in [4.78, 5) is 25.8. The minimum Gasteiger partial charge on any atom is -0.494 e. The summed E-state index contributed by atoms with van der Waals surface area (Å²) < 4.78 is 95.0. The van der Waals surface area contributed by atoms with Crippen molar-refractivity contribution in [1.29, 1.82) is 0 Å². The SMILES string of the molecule is CCCCCCCCCCC(OCCCCCCCOC(CCCCCCCCCC)[Si](C)(O[Si](C)(C)C)O[Si](C)(CCCCCCCCCCCOc1ccc(C(=O)Oc2ccc(OCCCCCC)cc2)cc1)O[Si](C)(C)C)[Si](C)(O[Si](C)(C)C)O[Si](C)(CCCCCCCCCCCOc1ccc(C(=O)Oc2ccc(OCCCCCC)cc2)cc1)O[Si](C)(C)C. The molecule has 0 saturated carbocycles. The van der Waals surface area contributed by atoms with Gasteiger partial charge in [0.25, 0.3) is 0 Å². The molecule has 4 aromatic carbocycles. The van der Waals surface area contributed by atoms with Crippen LogP contribution < -0.4 is 28.4 Å². The van der Waals surface area contributed by atoms with Gasteiger partial charge in [-0.05, 0) is 265 Å². The van der Waals surface area contributed by atoms with Crippen molar-refractivity contribution in [3.8, 4) is 34.5 Å². The van der Waals surface area contributed by atoms with E-state index >= 15 is 0 Å². The molecular weight excluding hydrogens is 1740 g/mol. The zero-order valence-corrected chi connectivity index (χ0v) is 94.2. The van der Waals surface area contributed by atoms with Crippen LogP contribution in [-0.2, 0) is 34.2 Å². The summed E-state index contributed by atoms with van der Waals surface area (Å²) in [5.74, 6) is 3.31. The number of rotatable bonds is 84. The summed E-state index contributed by atoms with van der Waals surface area (Å²) in [6.07, 6.45) is 58.2. The van der Waals surface area contributed by atoms with Gasteiger partial charge in [0.15, 0.2) is 33.3 Å². The molecule has 0 aliphatic carbocycles. The highest BCUT2D eigenvalue weighted by Crippen LogP contribution is 2.37. The number of esters is 2. The van der Waals surface area contributed by atoms with Crippen LogP contribution in [0.1, 0.15) is 363 Å². The zero-order chi connectivity index (χ0) is 94.4. The topological polar surface area (TPSA) is 163 Å². The minimum atomic E-state index is -2.97. The van der Waals surface area contributed by atoms with E-state index in [-0.39, 0.29) is 11.5 Å². The average Bonchev–Trinajstić information content (AvgIpc) is 0.792. The summed E-state index contributed by atoms with van der Waals surface area (Å²) in [5, 5.41) is 0. The van der Waals surface area contributed by atoms with Gasteiger partial charge in [-0.2, -0.15) is 0 Å². The molecule has 0 aliphatic rings. The molecule has 0 N–H and O–H groups in total. The molecule has 0 spiro atoms. The van der Waals surface area contributed by atoms with Crippen molar-refractivity contribution in [3.05, 3.63) is 108 Å². The lowest BCUT2D eigenvalue weighted by Gasteiger charge is -2.45. The minimum absolute atomic E-state index is 0.0572. The van der Waals surface area contributed by atoms with Crippen LogP contribution in [0.2, 0.25) is 117 Å². The highest BCUT2D eigenvalue weighted by Gasteiger charge is 2.54. The third kappa shape index (κ3) is 58.6. The van der Waals surface area contributed by atoms with E-state index in [1.165, 1.54) is 205 Å². The molecular formula is C105H192O16Si8. The molecule has 0 aliphatic heterocycles. The maximum absolute atomic E-state index is 12.9. The van der Waals surface area contributed by atoms with Gasteiger partial charge in [0.2, 0.25) is 0 Å². The van der Waals surface area contributed by atoms with Gasteiger partial charge in [-0.15, -0.1) is 0 Å². The largest absolute Gasteiger partial charge is 0.494 e. The number of unbranched alkanes of at least 4 members (excludes halogenated alkanes) is 40. The van der Waals surface area contributed by atoms with Crippen molar-refractivity contribution in [2.24, 2.45) is 0 Å². The molecule has 16 nitrogen and oxygen atoms in total. The Labute approximate surface area is 799 Å². The zero-order valence-electron chi connectivity index (χ0n) is 86.2. The Kier molecular flexibility index (Phi) is 61.7. The third-order valence-electron chi connectivity index (χ3n) is 23.5. The van der Waals surface area contributed by atoms with E-state index < -0.39 is 79.5 Å². The van der Waals surface area contributed by atoms with Crippen LogP contribution in [0, 0.1) is 0 Å². The summed E-state index contributed by atoms with van der Waals surface area (Å²) in [5.41, 5.74) is 0.864. The fraction of sp³-hybridized carbons (Fsp3) is 0.752. The van der Waals surface area contributed by atoms with Crippen LogP contribution in [0.5, 0.6) is 34.5 Å². The van der Waals surface area contributed by atoms with Gasteiger partial charge in [-0.3, -0.25) is 0 Å². The lowest BCUT2D eigenvalue weighted by atomic mass is 10.1. The van der Waals surface area contributed by atoms with Gasteiger partial charge in [-0.25, -0.2) is 9.59 Å². The molecule has 6 atom stereocenters. The fourth-order valence-corrected chi connectivity index (χ4v) is 54.3. The Morgan fingerprint density at radius 1 is 0.225 bits per heavy atom. The number of hydrogen-bond acceptors (Lipinski definition) is 16. The van der Waals surface area contributed by atoms with Gasteiger partial charge in [0.1, 0.15) is 34.5 Å². The predicted octanol–water partition coefficient (Wildman–Crippen LogP) is 33.1. The normalized spacial score (nSPS) is 14.6. The van der Waals surface area contributed by atoms with Crippen LogP contribution in [0.4, 0.5) is 0 Å². The fourth-order valence-electron chi connectivity index (χ4n) is 17.3. The molecule has 0 bridgehead atoms. The summed E-state index contributed by atoms with van der Waals surface area (Å²) in [6.45, 7) is 50.7. The van der Waals surface area contributed by atoms with Crippen LogP contribution in [0.3, 0.4) is 0 Å². The molecule has 0 aromatic heterocycles. The number of ether oxygens (including phenoxy) is 8. The first-order chi connectivity index (χ1) is 61.6. The molecule has 0 radical (unpaired) electrons. The summed E-state index contributed by atoms with van der Waals surface area (Å²) >= 11 is 0. The number of carbonyl (C=O) groups excluding carboxylic acids is 2. The van der Waals surface area contributed by atoms with Gasteiger partial charge in [0.05, 0.1) is 49.0 Å². The number of carbonyl (C=O) groups is 2. The third-order valence-corrected chi connectivity index (χ3v) is 52.5. The first kappa shape index (κ1) is 118. The van der Waals surface area contributed by atoms with Gasteiger partial charge in [-0.1, -0.05) is 291 Å². The van der Waals surface area contributed by atoms with Gasteiger partial charge >= 0.3 is 46.2 Å². The van der Waals surface area contributed by atoms with Crippen molar-refractivity contribution in [3.63, 3.8) is 0 Å². The monoisotopic (exact) mass is 1930 g/mol. The maximum atomic E-state index is 12.9. The quantitative estimate of drug-likeness (QED) is 0.0177. The van der Waals surface area contributed by atoms with Crippen LogP contribution in [-0.4, -0.2) is 131 Å². The average molecular weight is 1940 g/mol. The van der Waals surface area contributed by atoms with Crippen molar-refractivity contribution < 1.29 is 72.2 Å². The second kappa shape index (κ2) is 67.6. The first-order valence-corrected chi connectivity index (χ1v) is 75.9. The Hall–Kier alpha value is -3.56. The summed E-state index contributed by atoms with van der Waals surface area (Å²) in [7, 11) is -19.6. The van der Waals surface area contributed by atoms with Crippen molar-refractivity contribution in [2.75, 3.05) is 39.6 Å². The van der Waals surface area contributed by atoms with E-state index in [9.17, 15) is 9.59 Å². The molecule has 740 valence electrons. The number of hydrogen-bond donors (Lipinski definition) is 0. The highest BCUT2D eigenvalue weighted by molar-refractivity contribution is 6.91. The van der Waals surface area contributed by atoms with Crippen molar-refractivity contribution >= 4 is 79.5 Å². The standard InChI is InChI=1S/C105H192O16Si8/c1-21-25-29-33-35-43-50-58-68-102(128(19,118-124(11,12)13)120-126(17,116-122(5,6)7)92-66-56-47-41-37-39-45-52-62-88-108-96-74-70-94(71-75-96)104(106)114-100-82-78-98(79-83-100)110-86-60-31-27-23-3)112-90-64-54-49-55-65-91-113-103(69-59-51-44-36-34-30-26-22-2)129(20,119-125(14,15)16)121-127(18,117-123(8,9)10)93-67-57-48-42-38-40-46-53-63-89-109-97-76-72-95(73-77-97)105(107)115-101-84-80-99(81-85-101)111-87-61-32-28-24-4/h70-85,102-103H,21-69,86-93H2,1-20H3. The maximum Gasteiger partial charge on any atom is 0.345 e. The van der Waals surface area contributed by atoms with E-state index in [0.717, 1.165) is 157 Å². The second-order valence-corrected chi connectivity index (χ2v) is 74.2. The Morgan fingerprint density at radius 2 is 0.426 bits per heavy atom. The molecule has 0 fully saturated rings. The van der Waals surface area contributed by atoms with E-state index in [2.05, 4.69) is 132 Å². The predicted molar refractivity (Wildman–Crippen MR) is 562 cm³/mol. The van der Waals surface area contributed by atoms with Crippen molar-refractivity contribution in [1.82, 2.24) is 0 Å². The molecule has 4 rings (SSSR count). The second-order valence-electron chi connectivity index (χ2n) is 41.5. The first-order valence-electron chi connectivity index (χ1n) is 52.4. The molecule has 6 unspecified atom stereocenters. The summed E-state index contributed by atoms with van der Waals surface area (Å²) in [6, 6.07) is 31.0. The molecule has 0 heterocycles. The molecule has 0 saturated heterocycles. The number of benzene rings is 4. The van der Waals surface area contributed by atoms with Crippen LogP contribution >= 0.6 is 0 Å². The van der Waals surface area contributed by atoms with E-state index in [1.54, 1.807) is 48.5 Å². The lowest BCUT2D eigenvalue weighted by molar-refractivity contribution is 0.0602. The van der Waals surface area contributed by atoms with E-state index in [1.807, 2.05) is 48.5 Å².